The van der Waals surface area contributed by atoms with Gasteiger partial charge in [-0.15, -0.1) is 10.2 Å². The van der Waals surface area contributed by atoms with E-state index in [4.69, 9.17) is 0 Å². The normalized spacial score (nSPS) is 11.0. The zero-order chi connectivity index (χ0) is 18.1. The number of benzene rings is 2. The Morgan fingerprint density at radius 2 is 1.85 bits per heavy atom. The molecule has 0 saturated carbocycles. The van der Waals surface area contributed by atoms with Gasteiger partial charge in [-0.2, -0.15) is 0 Å². The molecule has 2 aromatic carbocycles. The van der Waals surface area contributed by atoms with E-state index in [1.54, 1.807) is 17.5 Å². The fourth-order valence-corrected chi connectivity index (χ4v) is 3.42. The van der Waals surface area contributed by atoms with Gasteiger partial charge in [0.15, 0.2) is 5.78 Å². The Morgan fingerprint density at radius 3 is 2.58 bits per heavy atom. The first kappa shape index (κ1) is 16.5. The molecule has 0 aliphatic rings. The predicted molar refractivity (Wildman–Crippen MR) is 99.8 cm³/mol. The van der Waals surface area contributed by atoms with Crippen molar-refractivity contribution in [2.75, 3.05) is 0 Å². The molecular formula is C20H14FN3OS. The van der Waals surface area contributed by atoms with Crippen molar-refractivity contribution in [1.82, 2.24) is 15.2 Å². The smallest absolute Gasteiger partial charge is 0.168 e. The lowest BCUT2D eigenvalue weighted by atomic mass is 10.0. The van der Waals surface area contributed by atoms with Crippen molar-refractivity contribution in [2.45, 2.75) is 13.3 Å². The van der Waals surface area contributed by atoms with Crippen LogP contribution < -0.4 is 0 Å². The molecule has 128 valence electrons. The maximum atomic E-state index is 13.0. The third-order valence-electron chi connectivity index (χ3n) is 4.06. The van der Waals surface area contributed by atoms with Crippen LogP contribution in [0.2, 0.25) is 0 Å². The van der Waals surface area contributed by atoms with E-state index in [1.807, 2.05) is 31.2 Å². The maximum Gasteiger partial charge on any atom is 0.168 e. The molecule has 6 heteroatoms. The number of hydrogen-bond donors (Lipinski definition) is 0. The third kappa shape index (κ3) is 3.36. The van der Waals surface area contributed by atoms with Crippen LogP contribution in [0.4, 0.5) is 4.39 Å². The Hall–Kier alpha value is -2.99. The first-order valence-corrected chi connectivity index (χ1v) is 8.88. The number of nitrogens with zero attached hydrogens (tertiary/aromatic N) is 3. The molecule has 0 N–H and O–H groups in total. The molecule has 0 amide bonds. The van der Waals surface area contributed by atoms with E-state index in [2.05, 4.69) is 15.2 Å². The van der Waals surface area contributed by atoms with Gasteiger partial charge in [-0.05, 0) is 48.7 Å². The Balaban J connectivity index is 1.63. The summed E-state index contributed by atoms with van der Waals surface area (Å²) in [7, 11) is 0. The monoisotopic (exact) mass is 363 g/mol. The molecule has 0 saturated heterocycles. The molecule has 4 aromatic rings. The summed E-state index contributed by atoms with van der Waals surface area (Å²) in [6.45, 7) is 1.92. The summed E-state index contributed by atoms with van der Waals surface area (Å²) in [5.41, 5.74) is 2.15. The standard InChI is InChI=1S/C20H14FN3OS/c1-12-23-24-20(26-12)14-2-3-15-11-22-18(9-16(15)8-14)10-19(25)13-4-6-17(21)7-5-13/h2-9,11H,10H2,1H3. The summed E-state index contributed by atoms with van der Waals surface area (Å²) in [6.07, 6.45) is 1.93. The first-order chi connectivity index (χ1) is 12.6. The number of ketones is 1. The molecule has 0 unspecified atom stereocenters. The van der Waals surface area contributed by atoms with Crippen molar-refractivity contribution in [3.05, 3.63) is 76.8 Å². The van der Waals surface area contributed by atoms with Crippen LogP contribution in [0.15, 0.2) is 54.7 Å². The highest BCUT2D eigenvalue weighted by molar-refractivity contribution is 7.14. The van der Waals surface area contributed by atoms with Crippen molar-refractivity contribution in [3.8, 4) is 10.6 Å². The lowest BCUT2D eigenvalue weighted by Gasteiger charge is -2.05. The highest BCUT2D eigenvalue weighted by Gasteiger charge is 2.10. The lowest BCUT2D eigenvalue weighted by Crippen LogP contribution is -2.05. The molecule has 0 atom stereocenters. The van der Waals surface area contributed by atoms with Crippen LogP contribution in [0.1, 0.15) is 21.1 Å². The van der Waals surface area contributed by atoms with E-state index in [0.29, 0.717) is 11.3 Å². The van der Waals surface area contributed by atoms with E-state index < -0.39 is 0 Å². The number of rotatable bonds is 4. The average Bonchev–Trinajstić information content (AvgIpc) is 3.08. The zero-order valence-electron chi connectivity index (χ0n) is 13.9. The number of aromatic nitrogens is 3. The fourth-order valence-electron chi connectivity index (χ4n) is 2.73. The van der Waals surface area contributed by atoms with Crippen LogP contribution in [-0.4, -0.2) is 21.0 Å². The molecule has 0 aliphatic heterocycles. The van der Waals surface area contributed by atoms with Crippen molar-refractivity contribution in [1.29, 1.82) is 0 Å². The third-order valence-corrected chi connectivity index (χ3v) is 4.95. The summed E-state index contributed by atoms with van der Waals surface area (Å²) in [5.74, 6) is -0.447. The minimum atomic E-state index is -0.357. The summed E-state index contributed by atoms with van der Waals surface area (Å²) in [4.78, 5) is 16.7. The number of carbonyl (C=O) groups excluding carboxylic acids is 1. The fraction of sp³-hybridized carbons (Fsp3) is 0.100. The SMILES string of the molecule is Cc1nnc(-c2ccc3cnc(CC(=O)c4ccc(F)cc4)cc3c2)s1. The van der Waals surface area contributed by atoms with E-state index >= 15 is 0 Å². The van der Waals surface area contributed by atoms with E-state index in [1.165, 1.54) is 24.3 Å². The molecule has 0 bridgehead atoms. The number of halogens is 1. The number of hydrogen-bond acceptors (Lipinski definition) is 5. The molecule has 4 rings (SSSR count). The van der Waals surface area contributed by atoms with Crippen molar-refractivity contribution >= 4 is 27.9 Å². The number of Topliss-reactive ketones (excluding diaryl/α,β-unsaturated/α-hetero) is 1. The van der Waals surface area contributed by atoms with Gasteiger partial charge < -0.3 is 0 Å². The molecule has 0 fully saturated rings. The first-order valence-electron chi connectivity index (χ1n) is 8.06. The maximum absolute atomic E-state index is 13.0. The van der Waals surface area contributed by atoms with Crippen LogP contribution >= 0.6 is 11.3 Å². The highest BCUT2D eigenvalue weighted by Crippen LogP contribution is 2.27. The van der Waals surface area contributed by atoms with Gasteiger partial charge in [-0.3, -0.25) is 9.78 Å². The second-order valence-electron chi connectivity index (χ2n) is 5.97. The zero-order valence-corrected chi connectivity index (χ0v) is 14.8. The quantitative estimate of drug-likeness (QED) is 0.496. The van der Waals surface area contributed by atoms with Crippen molar-refractivity contribution in [3.63, 3.8) is 0 Å². The molecule has 2 heterocycles. The second-order valence-corrected chi connectivity index (χ2v) is 7.15. The molecule has 0 spiro atoms. The minimum Gasteiger partial charge on any atom is -0.294 e. The van der Waals surface area contributed by atoms with Gasteiger partial charge in [0.05, 0.1) is 6.42 Å². The van der Waals surface area contributed by atoms with Gasteiger partial charge in [0.2, 0.25) is 0 Å². The number of pyridine rings is 1. The average molecular weight is 363 g/mol. The number of fused-ring (bicyclic) bond motifs is 1. The second kappa shape index (κ2) is 6.72. The molecule has 2 aromatic heterocycles. The van der Waals surface area contributed by atoms with E-state index in [-0.39, 0.29) is 18.0 Å². The lowest BCUT2D eigenvalue weighted by molar-refractivity contribution is 0.0992. The van der Waals surface area contributed by atoms with Gasteiger partial charge in [-0.1, -0.05) is 23.5 Å². The Kier molecular flexibility index (Phi) is 4.26. The Bertz CT molecular complexity index is 1110. The van der Waals surface area contributed by atoms with Gasteiger partial charge in [0, 0.05) is 28.4 Å². The predicted octanol–water partition coefficient (Wildman–Crippen LogP) is 4.63. The summed E-state index contributed by atoms with van der Waals surface area (Å²) in [5, 5.41) is 12.0. The summed E-state index contributed by atoms with van der Waals surface area (Å²) >= 11 is 1.54. The topological polar surface area (TPSA) is 55.7 Å². The molecule has 26 heavy (non-hydrogen) atoms. The molecule has 4 nitrogen and oxygen atoms in total. The summed E-state index contributed by atoms with van der Waals surface area (Å²) < 4.78 is 13.0. The Labute approximate surface area is 153 Å². The minimum absolute atomic E-state index is 0.0900. The van der Waals surface area contributed by atoms with Gasteiger partial charge in [0.1, 0.15) is 15.8 Å². The van der Waals surface area contributed by atoms with Crippen LogP contribution in [-0.2, 0) is 6.42 Å². The van der Waals surface area contributed by atoms with Crippen LogP contribution in [0, 0.1) is 12.7 Å². The number of aryl methyl sites for hydroxylation is 1. The van der Waals surface area contributed by atoms with Gasteiger partial charge in [-0.25, -0.2) is 4.39 Å². The largest absolute Gasteiger partial charge is 0.294 e. The van der Waals surface area contributed by atoms with E-state index in [9.17, 15) is 9.18 Å². The molecular weight excluding hydrogens is 349 g/mol. The highest BCUT2D eigenvalue weighted by atomic mass is 32.1. The van der Waals surface area contributed by atoms with Gasteiger partial charge in [0.25, 0.3) is 0 Å². The van der Waals surface area contributed by atoms with Crippen molar-refractivity contribution < 1.29 is 9.18 Å². The Morgan fingerprint density at radius 1 is 1.04 bits per heavy atom. The van der Waals surface area contributed by atoms with E-state index in [0.717, 1.165) is 26.4 Å². The van der Waals surface area contributed by atoms with Crippen LogP contribution in [0.25, 0.3) is 21.3 Å². The molecule has 0 aliphatic carbocycles. The van der Waals surface area contributed by atoms with Gasteiger partial charge >= 0.3 is 0 Å². The number of carbonyl (C=O) groups is 1. The summed E-state index contributed by atoms with van der Waals surface area (Å²) in [6, 6.07) is 13.5. The van der Waals surface area contributed by atoms with Crippen LogP contribution in [0.3, 0.4) is 0 Å². The van der Waals surface area contributed by atoms with Crippen LogP contribution in [0.5, 0.6) is 0 Å². The molecule has 0 radical (unpaired) electrons. The van der Waals surface area contributed by atoms with Crippen molar-refractivity contribution in [2.24, 2.45) is 0 Å².